The van der Waals surface area contributed by atoms with E-state index < -0.39 is 0 Å². The summed E-state index contributed by atoms with van der Waals surface area (Å²) in [4.78, 5) is 4.13. The van der Waals surface area contributed by atoms with Crippen molar-refractivity contribution in [3.8, 4) is 0 Å². The quantitative estimate of drug-likeness (QED) is 0.680. The van der Waals surface area contributed by atoms with Crippen LogP contribution in [0, 0.1) is 5.92 Å². The van der Waals surface area contributed by atoms with Crippen molar-refractivity contribution >= 4 is 0 Å². The van der Waals surface area contributed by atoms with Crippen molar-refractivity contribution in [2.45, 2.75) is 45.1 Å². The molecular formula is C11H18N2. The summed E-state index contributed by atoms with van der Waals surface area (Å²) >= 11 is 0. The van der Waals surface area contributed by atoms with Crippen LogP contribution in [0.25, 0.3) is 0 Å². The first-order chi connectivity index (χ1) is 6.42. The van der Waals surface area contributed by atoms with Crippen LogP contribution in [0.4, 0.5) is 0 Å². The van der Waals surface area contributed by atoms with Gasteiger partial charge in [0.05, 0.1) is 6.33 Å². The molecule has 0 bridgehead atoms. The lowest BCUT2D eigenvalue weighted by molar-refractivity contribution is 0.232. The van der Waals surface area contributed by atoms with Crippen molar-refractivity contribution in [2.24, 2.45) is 5.92 Å². The molecule has 1 aliphatic rings. The summed E-state index contributed by atoms with van der Waals surface area (Å²) in [6.07, 6.45) is 12.8. The van der Waals surface area contributed by atoms with Crippen molar-refractivity contribution < 1.29 is 0 Å². The summed E-state index contributed by atoms with van der Waals surface area (Å²) in [5.41, 5.74) is 0. The fourth-order valence-corrected chi connectivity index (χ4v) is 2.52. The molecular weight excluding hydrogens is 160 g/mol. The van der Waals surface area contributed by atoms with Gasteiger partial charge in [0, 0.05) is 18.4 Å². The number of nitrogens with zero attached hydrogens (tertiary/aromatic N) is 2. The Morgan fingerprint density at radius 2 is 2.23 bits per heavy atom. The largest absolute Gasteiger partial charge is 0.334 e. The normalized spacial score (nSPS) is 29.0. The van der Waals surface area contributed by atoms with Crippen LogP contribution in [0.15, 0.2) is 18.7 Å². The topological polar surface area (TPSA) is 17.8 Å². The molecule has 1 aromatic heterocycles. The third-order valence-electron chi connectivity index (χ3n) is 3.30. The maximum absolute atomic E-state index is 4.13. The molecule has 1 heterocycles. The van der Waals surface area contributed by atoms with E-state index in [1.165, 1.54) is 32.1 Å². The number of imidazole rings is 1. The molecule has 1 fully saturated rings. The van der Waals surface area contributed by atoms with Gasteiger partial charge in [-0.3, -0.25) is 0 Å². The minimum absolute atomic E-state index is 0.723. The zero-order chi connectivity index (χ0) is 9.10. The molecule has 13 heavy (non-hydrogen) atoms. The third kappa shape index (κ3) is 1.77. The van der Waals surface area contributed by atoms with E-state index in [0.717, 1.165) is 12.0 Å². The van der Waals surface area contributed by atoms with Crippen molar-refractivity contribution in [3.63, 3.8) is 0 Å². The highest BCUT2D eigenvalue weighted by atomic mass is 15.1. The van der Waals surface area contributed by atoms with Crippen LogP contribution in [-0.2, 0) is 0 Å². The van der Waals surface area contributed by atoms with Gasteiger partial charge in [0.15, 0.2) is 0 Å². The summed E-state index contributed by atoms with van der Waals surface area (Å²) < 4.78 is 2.30. The van der Waals surface area contributed by atoms with Crippen LogP contribution in [0.5, 0.6) is 0 Å². The second kappa shape index (κ2) is 3.95. The Morgan fingerprint density at radius 3 is 2.92 bits per heavy atom. The molecule has 2 nitrogen and oxygen atoms in total. The smallest absolute Gasteiger partial charge is 0.0948 e. The lowest BCUT2D eigenvalue weighted by atomic mass is 9.83. The molecule has 0 radical (unpaired) electrons. The number of hydrogen-bond acceptors (Lipinski definition) is 1. The molecule has 0 saturated heterocycles. The lowest BCUT2D eigenvalue weighted by Crippen LogP contribution is -2.21. The molecule has 0 aliphatic heterocycles. The third-order valence-corrected chi connectivity index (χ3v) is 3.30. The van der Waals surface area contributed by atoms with Crippen molar-refractivity contribution in [3.05, 3.63) is 18.7 Å². The molecule has 0 aromatic carbocycles. The van der Waals surface area contributed by atoms with E-state index in [1.807, 2.05) is 12.5 Å². The van der Waals surface area contributed by atoms with Crippen molar-refractivity contribution in [1.82, 2.24) is 9.55 Å². The van der Waals surface area contributed by atoms with Crippen LogP contribution in [0.3, 0.4) is 0 Å². The molecule has 2 atom stereocenters. The van der Waals surface area contributed by atoms with Crippen LogP contribution in [0.1, 0.15) is 45.1 Å². The molecule has 2 heteroatoms. The summed E-state index contributed by atoms with van der Waals surface area (Å²) in [6.45, 7) is 2.31. The highest BCUT2D eigenvalue weighted by Crippen LogP contribution is 2.35. The fourth-order valence-electron chi connectivity index (χ4n) is 2.52. The summed E-state index contributed by atoms with van der Waals surface area (Å²) in [5, 5.41) is 0. The Balaban J connectivity index is 2.11. The minimum Gasteiger partial charge on any atom is -0.334 e. The molecule has 1 aromatic rings. The van der Waals surface area contributed by atoms with Gasteiger partial charge in [-0.1, -0.05) is 26.2 Å². The zero-order valence-electron chi connectivity index (χ0n) is 8.32. The summed E-state index contributed by atoms with van der Waals surface area (Å²) in [5.74, 6) is 0.878. The van der Waals surface area contributed by atoms with E-state index in [-0.39, 0.29) is 0 Å². The molecule has 1 saturated carbocycles. The molecule has 2 rings (SSSR count). The first-order valence-corrected chi connectivity index (χ1v) is 5.39. The van der Waals surface area contributed by atoms with Gasteiger partial charge in [0.1, 0.15) is 0 Å². The number of aromatic nitrogens is 2. The van der Waals surface area contributed by atoms with Gasteiger partial charge in [-0.15, -0.1) is 0 Å². The van der Waals surface area contributed by atoms with Crippen LogP contribution in [0.2, 0.25) is 0 Å². The minimum atomic E-state index is 0.723. The monoisotopic (exact) mass is 178 g/mol. The maximum atomic E-state index is 4.13. The predicted octanol–water partition coefficient (Wildman–Crippen LogP) is 3.02. The molecule has 72 valence electrons. The van der Waals surface area contributed by atoms with Gasteiger partial charge in [-0.2, -0.15) is 0 Å². The highest BCUT2D eigenvalue weighted by Gasteiger charge is 2.24. The molecule has 1 aliphatic carbocycles. The first kappa shape index (κ1) is 8.79. The number of rotatable bonds is 2. The standard InChI is InChI=1S/C11H18N2/c1-2-10-5-3-4-6-11(10)13-8-7-12-9-13/h7-11H,2-6H2,1H3. The van der Waals surface area contributed by atoms with Gasteiger partial charge < -0.3 is 4.57 Å². The zero-order valence-corrected chi connectivity index (χ0v) is 8.32. The Hall–Kier alpha value is -0.790. The lowest BCUT2D eigenvalue weighted by Gasteiger charge is -2.31. The van der Waals surface area contributed by atoms with Crippen LogP contribution >= 0.6 is 0 Å². The van der Waals surface area contributed by atoms with E-state index in [0.29, 0.717) is 0 Å². The van der Waals surface area contributed by atoms with Gasteiger partial charge >= 0.3 is 0 Å². The van der Waals surface area contributed by atoms with Crippen LogP contribution < -0.4 is 0 Å². The first-order valence-electron chi connectivity index (χ1n) is 5.39. The SMILES string of the molecule is CCC1CCCCC1n1ccnc1. The van der Waals surface area contributed by atoms with Crippen molar-refractivity contribution in [2.75, 3.05) is 0 Å². The summed E-state index contributed by atoms with van der Waals surface area (Å²) in [7, 11) is 0. The second-order valence-electron chi connectivity index (χ2n) is 4.03. The van der Waals surface area contributed by atoms with Gasteiger partial charge in [-0.25, -0.2) is 4.98 Å². The van der Waals surface area contributed by atoms with Crippen LogP contribution in [-0.4, -0.2) is 9.55 Å². The van der Waals surface area contributed by atoms with Gasteiger partial charge in [0.25, 0.3) is 0 Å². The average molecular weight is 178 g/mol. The van der Waals surface area contributed by atoms with E-state index >= 15 is 0 Å². The van der Waals surface area contributed by atoms with Crippen molar-refractivity contribution in [1.29, 1.82) is 0 Å². The molecule has 0 N–H and O–H groups in total. The Kier molecular flexibility index (Phi) is 2.67. The predicted molar refractivity (Wildman–Crippen MR) is 53.5 cm³/mol. The average Bonchev–Trinajstić information content (AvgIpc) is 2.70. The van der Waals surface area contributed by atoms with E-state index in [9.17, 15) is 0 Å². The van der Waals surface area contributed by atoms with Gasteiger partial charge in [0.2, 0.25) is 0 Å². The maximum Gasteiger partial charge on any atom is 0.0948 e. The molecule has 0 spiro atoms. The summed E-state index contributed by atoms with van der Waals surface area (Å²) in [6, 6.07) is 0.723. The second-order valence-corrected chi connectivity index (χ2v) is 4.03. The van der Waals surface area contributed by atoms with E-state index in [1.54, 1.807) is 0 Å². The Labute approximate surface area is 80.0 Å². The van der Waals surface area contributed by atoms with Gasteiger partial charge in [-0.05, 0) is 18.8 Å². The van der Waals surface area contributed by atoms with E-state index in [4.69, 9.17) is 0 Å². The Bertz CT molecular complexity index is 241. The Morgan fingerprint density at radius 1 is 1.38 bits per heavy atom. The van der Waals surface area contributed by atoms with E-state index in [2.05, 4.69) is 22.7 Å². The molecule has 0 amide bonds. The molecule has 2 unspecified atom stereocenters. The highest BCUT2D eigenvalue weighted by molar-refractivity contribution is 4.86. The fraction of sp³-hybridized carbons (Fsp3) is 0.727. The number of hydrogen-bond donors (Lipinski definition) is 0.